The molecule has 7 nitrogen and oxygen atoms in total. The van der Waals surface area contributed by atoms with Crippen molar-refractivity contribution >= 4 is 41.0 Å². The summed E-state index contributed by atoms with van der Waals surface area (Å²) in [6.45, 7) is 3.78. The van der Waals surface area contributed by atoms with Crippen molar-refractivity contribution in [2.24, 2.45) is 0 Å². The molecule has 3 aromatic carbocycles. The Morgan fingerprint density at radius 1 is 1.02 bits per heavy atom. The van der Waals surface area contributed by atoms with Crippen LogP contribution < -0.4 is 4.90 Å². The van der Waals surface area contributed by atoms with Gasteiger partial charge in [-0.3, -0.25) is 14.5 Å². The number of ether oxygens (including phenoxy) is 1. The van der Waals surface area contributed by atoms with Gasteiger partial charge in [-0.15, -0.1) is 11.8 Å². The second kappa shape index (κ2) is 11.7. The van der Waals surface area contributed by atoms with Crippen molar-refractivity contribution in [1.29, 1.82) is 0 Å². The molecule has 2 amide bonds. The largest absolute Gasteiger partial charge is 0.378 e. The van der Waals surface area contributed by atoms with E-state index in [2.05, 4.69) is 0 Å². The Bertz CT molecular complexity index is 1570. The minimum absolute atomic E-state index is 0.125. The van der Waals surface area contributed by atoms with E-state index in [0.29, 0.717) is 42.8 Å². The first-order valence-corrected chi connectivity index (χ1v) is 14.8. The van der Waals surface area contributed by atoms with Crippen LogP contribution in [0, 0.1) is 12.7 Å². The number of aromatic nitrogens is 2. The van der Waals surface area contributed by atoms with Crippen molar-refractivity contribution in [3.8, 4) is 16.9 Å². The molecule has 2 aliphatic rings. The van der Waals surface area contributed by atoms with Gasteiger partial charge in [0.2, 0.25) is 11.8 Å². The second-order valence-electron chi connectivity index (χ2n) is 10.1. The summed E-state index contributed by atoms with van der Waals surface area (Å²) in [5.41, 5.74) is 4.94. The lowest BCUT2D eigenvalue weighted by Gasteiger charge is -2.30. The first-order chi connectivity index (χ1) is 19.9. The molecule has 1 unspecified atom stereocenters. The molecular weight excluding hydrogens is 563 g/mol. The molecule has 4 aromatic rings. The molecule has 0 aliphatic carbocycles. The first kappa shape index (κ1) is 27.5. The fraction of sp³-hybridized carbons (Fsp3) is 0.258. The van der Waals surface area contributed by atoms with Crippen LogP contribution in [0.25, 0.3) is 16.9 Å². The standard InChI is InChI=1S/C31H28ClFN4O3S/c1-20-2-12-25(13-3-20)37-31-28(29(34-37)21-4-8-23(32)9-5-21)30(22-6-10-24(33)11-7-22)41-19-27(39)36(31)18-26(38)35-14-16-40-17-15-35/h2-13,30H,14-19H2,1H3. The lowest BCUT2D eigenvalue weighted by atomic mass is 9.99. The fourth-order valence-corrected chi connectivity index (χ4v) is 6.48. The van der Waals surface area contributed by atoms with Crippen LogP contribution in [0.4, 0.5) is 10.2 Å². The predicted octanol–water partition coefficient (Wildman–Crippen LogP) is 5.67. The number of rotatable bonds is 5. The summed E-state index contributed by atoms with van der Waals surface area (Å²) in [6.07, 6.45) is 0. The minimum atomic E-state index is -0.345. The van der Waals surface area contributed by atoms with Crippen molar-refractivity contribution in [2.75, 3.05) is 43.5 Å². The molecule has 6 rings (SSSR count). The van der Waals surface area contributed by atoms with Gasteiger partial charge in [0, 0.05) is 29.2 Å². The van der Waals surface area contributed by atoms with E-state index in [1.54, 1.807) is 38.7 Å². The number of morpholine rings is 1. The number of benzene rings is 3. The fourth-order valence-electron chi connectivity index (χ4n) is 5.15. The maximum absolute atomic E-state index is 14.0. The normalized spacial score (nSPS) is 17.3. The van der Waals surface area contributed by atoms with Crippen molar-refractivity contribution < 1.29 is 18.7 Å². The van der Waals surface area contributed by atoms with Crippen molar-refractivity contribution in [1.82, 2.24) is 14.7 Å². The molecule has 0 N–H and O–H groups in total. The van der Waals surface area contributed by atoms with Crippen LogP contribution in [-0.4, -0.2) is 65.1 Å². The maximum atomic E-state index is 14.0. The van der Waals surface area contributed by atoms with E-state index in [0.717, 1.165) is 27.9 Å². The Hall–Kier alpha value is -3.66. The van der Waals surface area contributed by atoms with Crippen LogP contribution in [-0.2, 0) is 14.3 Å². The van der Waals surface area contributed by atoms with Crippen LogP contribution in [0.1, 0.15) is 21.9 Å². The number of thioether (sulfide) groups is 1. The van der Waals surface area contributed by atoms with Gasteiger partial charge in [0.05, 0.1) is 35.6 Å². The van der Waals surface area contributed by atoms with Crippen molar-refractivity contribution in [3.05, 3.63) is 100 Å². The molecule has 1 atom stereocenters. The summed E-state index contributed by atoms with van der Waals surface area (Å²) < 4.78 is 21.1. The highest BCUT2D eigenvalue weighted by Crippen LogP contribution is 2.48. The molecule has 2 aliphatic heterocycles. The zero-order valence-corrected chi connectivity index (χ0v) is 24.0. The third kappa shape index (κ3) is 5.62. The molecule has 10 heteroatoms. The van der Waals surface area contributed by atoms with E-state index in [4.69, 9.17) is 21.4 Å². The summed E-state index contributed by atoms with van der Waals surface area (Å²) in [5.74, 6) is -0.0125. The number of nitrogens with zero attached hydrogens (tertiary/aromatic N) is 4. The third-order valence-electron chi connectivity index (χ3n) is 7.32. The number of amides is 2. The van der Waals surface area contributed by atoms with E-state index in [1.165, 1.54) is 23.9 Å². The average molecular weight is 591 g/mol. The number of anilines is 1. The molecule has 0 radical (unpaired) electrons. The van der Waals surface area contributed by atoms with Crippen LogP contribution in [0.5, 0.6) is 0 Å². The zero-order chi connectivity index (χ0) is 28.5. The number of aryl methyl sites for hydroxylation is 1. The molecule has 1 saturated heterocycles. The molecule has 1 aromatic heterocycles. The van der Waals surface area contributed by atoms with Crippen molar-refractivity contribution in [2.45, 2.75) is 12.2 Å². The van der Waals surface area contributed by atoms with Gasteiger partial charge in [-0.2, -0.15) is 5.10 Å². The van der Waals surface area contributed by atoms with Crippen LogP contribution in [0.2, 0.25) is 5.02 Å². The molecule has 0 saturated carbocycles. The van der Waals surface area contributed by atoms with Crippen LogP contribution >= 0.6 is 23.4 Å². The Balaban J connectivity index is 1.58. The monoisotopic (exact) mass is 590 g/mol. The van der Waals surface area contributed by atoms with Crippen molar-refractivity contribution in [3.63, 3.8) is 0 Å². The van der Waals surface area contributed by atoms with Gasteiger partial charge in [0.25, 0.3) is 0 Å². The Morgan fingerprint density at radius 3 is 2.39 bits per heavy atom. The van der Waals surface area contributed by atoms with E-state index in [9.17, 15) is 14.0 Å². The molecule has 1 fully saturated rings. The predicted molar refractivity (Wildman–Crippen MR) is 159 cm³/mol. The zero-order valence-electron chi connectivity index (χ0n) is 22.4. The molecule has 41 heavy (non-hydrogen) atoms. The van der Waals surface area contributed by atoms with Crippen LogP contribution in [0.15, 0.2) is 72.8 Å². The van der Waals surface area contributed by atoms with Gasteiger partial charge >= 0.3 is 0 Å². The SMILES string of the molecule is Cc1ccc(-n2nc(-c3ccc(Cl)cc3)c3c2N(CC(=O)N2CCOCC2)C(=O)CSC3c2ccc(F)cc2)cc1. The maximum Gasteiger partial charge on any atom is 0.242 e. The Labute approximate surface area is 246 Å². The number of halogens is 2. The van der Waals surface area contributed by atoms with Gasteiger partial charge in [0.1, 0.15) is 18.2 Å². The summed E-state index contributed by atoms with van der Waals surface area (Å²) in [4.78, 5) is 30.7. The lowest BCUT2D eigenvalue weighted by Crippen LogP contribution is -2.48. The number of carbonyl (C=O) groups excluding carboxylic acids is 2. The van der Waals surface area contributed by atoms with Gasteiger partial charge < -0.3 is 9.64 Å². The summed E-state index contributed by atoms with van der Waals surface area (Å²) in [7, 11) is 0. The van der Waals surface area contributed by atoms with Crippen LogP contribution in [0.3, 0.4) is 0 Å². The average Bonchev–Trinajstić information content (AvgIpc) is 3.31. The lowest BCUT2D eigenvalue weighted by molar-refractivity contribution is -0.134. The highest BCUT2D eigenvalue weighted by atomic mass is 35.5. The highest BCUT2D eigenvalue weighted by molar-refractivity contribution is 8.00. The second-order valence-corrected chi connectivity index (χ2v) is 11.6. The quantitative estimate of drug-likeness (QED) is 0.300. The van der Waals surface area contributed by atoms with E-state index >= 15 is 0 Å². The minimum Gasteiger partial charge on any atom is -0.378 e. The molecular formula is C31H28ClFN4O3S. The molecule has 210 valence electrons. The third-order valence-corrected chi connectivity index (χ3v) is 8.82. The highest BCUT2D eigenvalue weighted by Gasteiger charge is 2.38. The number of fused-ring (bicyclic) bond motifs is 1. The number of hydrogen-bond donors (Lipinski definition) is 0. The van der Waals surface area contributed by atoms with Gasteiger partial charge in [-0.1, -0.05) is 53.6 Å². The topological polar surface area (TPSA) is 67.7 Å². The first-order valence-electron chi connectivity index (χ1n) is 13.4. The van der Waals surface area contributed by atoms with E-state index < -0.39 is 0 Å². The molecule has 0 bridgehead atoms. The summed E-state index contributed by atoms with van der Waals surface area (Å²) in [5, 5.41) is 5.33. The van der Waals surface area contributed by atoms with Gasteiger partial charge in [0.15, 0.2) is 0 Å². The molecule has 3 heterocycles. The van der Waals surface area contributed by atoms with E-state index in [1.807, 2.05) is 43.3 Å². The Kier molecular flexibility index (Phi) is 7.84. The number of hydrogen-bond acceptors (Lipinski definition) is 5. The number of carbonyl (C=O) groups is 2. The van der Waals surface area contributed by atoms with E-state index in [-0.39, 0.29) is 35.2 Å². The molecule has 0 spiro atoms. The van der Waals surface area contributed by atoms with Gasteiger partial charge in [-0.25, -0.2) is 9.07 Å². The van der Waals surface area contributed by atoms with Gasteiger partial charge in [-0.05, 0) is 48.9 Å². The Morgan fingerprint density at radius 2 is 1.71 bits per heavy atom. The summed E-state index contributed by atoms with van der Waals surface area (Å²) >= 11 is 7.67. The smallest absolute Gasteiger partial charge is 0.242 e. The summed E-state index contributed by atoms with van der Waals surface area (Å²) in [6, 6.07) is 21.6.